The highest BCUT2D eigenvalue weighted by Gasteiger charge is 2.32. The van der Waals surface area contributed by atoms with Gasteiger partial charge in [0.1, 0.15) is 6.61 Å². The highest BCUT2D eigenvalue weighted by atomic mass is 35.5. The van der Waals surface area contributed by atoms with Crippen molar-refractivity contribution >= 4 is 40.6 Å². The van der Waals surface area contributed by atoms with Crippen LogP contribution in [-0.4, -0.2) is 17.6 Å². The normalized spacial score (nSPS) is 14.5. The van der Waals surface area contributed by atoms with E-state index < -0.39 is 6.04 Å². The molecular weight excluding hydrogens is 630 g/mol. The van der Waals surface area contributed by atoms with Gasteiger partial charge in [-0.05, 0) is 77.6 Å². The fourth-order valence-electron chi connectivity index (χ4n) is 5.50. The summed E-state index contributed by atoms with van der Waals surface area (Å²) in [5, 5.41) is 3.67. The van der Waals surface area contributed by atoms with Crippen molar-refractivity contribution in [2.45, 2.75) is 39.3 Å². The van der Waals surface area contributed by atoms with Crippen LogP contribution in [0.3, 0.4) is 0 Å². The number of nitrogens with one attached hydrogen (secondary N) is 1. The molecule has 9 heteroatoms. The maximum Gasteiger partial charge on any atom is 0.271 e. The van der Waals surface area contributed by atoms with Crippen LogP contribution >= 0.6 is 22.9 Å². The Morgan fingerprint density at radius 2 is 1.72 bits per heavy atom. The Labute approximate surface area is 282 Å². The van der Waals surface area contributed by atoms with Crippen molar-refractivity contribution in [2.75, 3.05) is 12.4 Å². The Kier molecular flexibility index (Phi) is 9.43. The molecule has 1 atom stereocenters. The number of allylic oxidation sites excluding steroid dienone is 1. The maximum atomic E-state index is 14.2. The van der Waals surface area contributed by atoms with Gasteiger partial charge in [0.15, 0.2) is 16.3 Å². The Morgan fingerprint density at radius 3 is 2.40 bits per heavy atom. The van der Waals surface area contributed by atoms with Crippen molar-refractivity contribution in [3.05, 3.63) is 155 Å². The molecule has 4 aromatic carbocycles. The van der Waals surface area contributed by atoms with E-state index in [0.717, 1.165) is 16.7 Å². The number of ether oxygens (including phenoxy) is 2. The number of fused-ring (bicyclic) bond motifs is 1. The lowest BCUT2D eigenvalue weighted by Crippen LogP contribution is -2.40. The van der Waals surface area contributed by atoms with Gasteiger partial charge in [0, 0.05) is 10.7 Å². The lowest BCUT2D eigenvalue weighted by atomic mass is 9.93. The Hall–Kier alpha value is -4.92. The second-order valence-corrected chi connectivity index (χ2v) is 13.0. The van der Waals surface area contributed by atoms with Crippen LogP contribution in [0.4, 0.5) is 5.69 Å². The van der Waals surface area contributed by atoms with Crippen LogP contribution in [0, 0.1) is 0 Å². The molecule has 1 aromatic heterocycles. The minimum Gasteiger partial charge on any atom is -0.493 e. The molecular formula is C38H34ClN3O4S. The van der Waals surface area contributed by atoms with E-state index in [2.05, 4.69) is 31.3 Å². The number of methoxy groups -OCH3 is 1. The SMILES string of the molecule is COc1cc(/C=c2\sc3n(c2=O)C(c2ccc(C(C)C)cc2)C(C(=O)Nc2ccccc2)=C(C)N=3)ccc1OCc1ccc(Cl)cc1. The van der Waals surface area contributed by atoms with Crippen LogP contribution in [0.2, 0.25) is 5.02 Å². The van der Waals surface area contributed by atoms with E-state index in [-0.39, 0.29) is 11.5 Å². The van der Waals surface area contributed by atoms with Gasteiger partial charge in [0.2, 0.25) is 0 Å². The average molecular weight is 664 g/mol. The monoisotopic (exact) mass is 663 g/mol. The zero-order valence-electron chi connectivity index (χ0n) is 26.5. The summed E-state index contributed by atoms with van der Waals surface area (Å²) < 4.78 is 13.8. The molecule has 1 aliphatic heterocycles. The minimum atomic E-state index is -0.656. The molecule has 0 saturated carbocycles. The summed E-state index contributed by atoms with van der Waals surface area (Å²) in [5.41, 5.74) is 5.17. The molecule has 6 rings (SSSR count). The van der Waals surface area contributed by atoms with Gasteiger partial charge < -0.3 is 14.8 Å². The molecule has 7 nitrogen and oxygen atoms in total. The quantitative estimate of drug-likeness (QED) is 0.180. The number of rotatable bonds is 9. The molecule has 0 spiro atoms. The third-order valence-corrected chi connectivity index (χ3v) is 9.24. The van der Waals surface area contributed by atoms with Crippen molar-refractivity contribution in [3.8, 4) is 11.5 Å². The molecule has 1 unspecified atom stereocenters. The number of halogens is 1. The summed E-state index contributed by atoms with van der Waals surface area (Å²) in [5.74, 6) is 1.16. The van der Waals surface area contributed by atoms with Crippen LogP contribution in [-0.2, 0) is 11.4 Å². The van der Waals surface area contributed by atoms with Crippen molar-refractivity contribution in [3.63, 3.8) is 0 Å². The van der Waals surface area contributed by atoms with Gasteiger partial charge in [0.25, 0.3) is 11.5 Å². The van der Waals surface area contributed by atoms with Crippen molar-refractivity contribution < 1.29 is 14.3 Å². The van der Waals surface area contributed by atoms with Crippen LogP contribution in [0.15, 0.2) is 118 Å². The second-order valence-electron chi connectivity index (χ2n) is 11.5. The molecule has 238 valence electrons. The number of amides is 1. The number of carbonyl (C=O) groups is 1. The van der Waals surface area contributed by atoms with Crippen LogP contribution in [0.1, 0.15) is 55.0 Å². The molecule has 1 aliphatic rings. The lowest BCUT2D eigenvalue weighted by molar-refractivity contribution is -0.113. The van der Waals surface area contributed by atoms with Gasteiger partial charge in [-0.2, -0.15) is 0 Å². The van der Waals surface area contributed by atoms with E-state index >= 15 is 0 Å². The van der Waals surface area contributed by atoms with Crippen molar-refractivity contribution in [1.82, 2.24) is 4.57 Å². The Bertz CT molecular complexity index is 2130. The number of carbonyl (C=O) groups excluding carboxylic acids is 1. The van der Waals surface area contributed by atoms with Crippen molar-refractivity contribution in [1.29, 1.82) is 0 Å². The number of hydrogen-bond donors (Lipinski definition) is 1. The zero-order chi connectivity index (χ0) is 33.1. The molecule has 0 fully saturated rings. The summed E-state index contributed by atoms with van der Waals surface area (Å²) in [7, 11) is 1.58. The highest BCUT2D eigenvalue weighted by molar-refractivity contribution is 7.07. The largest absolute Gasteiger partial charge is 0.493 e. The van der Waals surface area contributed by atoms with Gasteiger partial charge >= 0.3 is 0 Å². The van der Waals surface area contributed by atoms with Gasteiger partial charge in [-0.3, -0.25) is 14.2 Å². The van der Waals surface area contributed by atoms with Gasteiger partial charge in [-0.15, -0.1) is 0 Å². The summed E-state index contributed by atoms with van der Waals surface area (Å²) in [4.78, 5) is 33.3. The fraction of sp³-hybridized carbons (Fsp3) is 0.184. The molecule has 0 saturated heterocycles. The first kappa shape index (κ1) is 32.0. The smallest absolute Gasteiger partial charge is 0.271 e. The highest BCUT2D eigenvalue weighted by Crippen LogP contribution is 2.32. The Morgan fingerprint density at radius 1 is 1.00 bits per heavy atom. The molecule has 2 heterocycles. The Balaban J connectivity index is 1.38. The number of para-hydroxylation sites is 1. The van der Waals surface area contributed by atoms with E-state index in [4.69, 9.17) is 26.1 Å². The standard InChI is InChI=1S/C38H34ClN3O4S/c1-23(2)27-13-15-28(16-14-27)35-34(36(43)41-30-8-6-5-7-9-30)24(3)40-38-42(35)37(44)33(47-38)21-26-12-19-31(32(20-26)45-4)46-22-25-10-17-29(39)18-11-25/h5-21,23,35H,22H2,1-4H3,(H,41,43)/b33-21-. The van der Waals surface area contributed by atoms with Gasteiger partial charge in [0.05, 0.1) is 29.0 Å². The summed E-state index contributed by atoms with van der Waals surface area (Å²) in [6.45, 7) is 6.44. The first-order valence-corrected chi connectivity index (χ1v) is 16.5. The number of anilines is 1. The topological polar surface area (TPSA) is 81.9 Å². The molecule has 1 N–H and O–H groups in total. The van der Waals surface area contributed by atoms with Gasteiger partial charge in [-0.1, -0.05) is 97.4 Å². The number of thiazole rings is 1. The van der Waals surface area contributed by atoms with E-state index in [0.29, 0.717) is 55.3 Å². The molecule has 0 bridgehead atoms. The molecule has 47 heavy (non-hydrogen) atoms. The first-order chi connectivity index (χ1) is 22.7. The van der Waals surface area contributed by atoms with E-state index in [1.807, 2.05) is 97.9 Å². The molecule has 1 amide bonds. The van der Waals surface area contributed by atoms with Crippen LogP contribution < -0.4 is 29.7 Å². The minimum absolute atomic E-state index is 0.230. The lowest BCUT2D eigenvalue weighted by Gasteiger charge is -2.25. The number of benzene rings is 4. The van der Waals surface area contributed by atoms with Crippen LogP contribution in [0.5, 0.6) is 11.5 Å². The van der Waals surface area contributed by atoms with E-state index in [1.165, 1.54) is 16.9 Å². The number of aromatic nitrogens is 1. The average Bonchev–Trinajstić information content (AvgIpc) is 3.38. The third-order valence-electron chi connectivity index (χ3n) is 8.01. The summed E-state index contributed by atoms with van der Waals surface area (Å²) in [6.07, 6.45) is 1.82. The predicted octanol–water partition coefficient (Wildman–Crippen LogP) is 7.24. The van der Waals surface area contributed by atoms with E-state index in [1.54, 1.807) is 11.7 Å². The fourth-order valence-corrected chi connectivity index (χ4v) is 6.67. The molecule has 0 aliphatic carbocycles. The summed E-state index contributed by atoms with van der Waals surface area (Å²) >= 11 is 7.29. The first-order valence-electron chi connectivity index (χ1n) is 15.3. The van der Waals surface area contributed by atoms with Crippen LogP contribution in [0.25, 0.3) is 6.08 Å². The number of nitrogens with zero attached hydrogens (tertiary/aromatic N) is 2. The second kappa shape index (κ2) is 13.8. The summed E-state index contributed by atoms with van der Waals surface area (Å²) in [6, 6.07) is 29.7. The maximum absolute atomic E-state index is 14.2. The zero-order valence-corrected chi connectivity index (χ0v) is 28.1. The van der Waals surface area contributed by atoms with Crippen molar-refractivity contribution in [2.24, 2.45) is 4.99 Å². The molecule has 5 aromatic rings. The third kappa shape index (κ3) is 6.94. The molecule has 0 radical (unpaired) electrons. The number of hydrogen-bond acceptors (Lipinski definition) is 6. The van der Waals surface area contributed by atoms with Gasteiger partial charge in [-0.25, -0.2) is 4.99 Å². The predicted molar refractivity (Wildman–Crippen MR) is 188 cm³/mol. The van der Waals surface area contributed by atoms with E-state index in [9.17, 15) is 9.59 Å².